The van der Waals surface area contributed by atoms with Crippen LogP contribution in [0.15, 0.2) is 67.1 Å². The quantitative estimate of drug-likeness (QED) is 0.298. The van der Waals surface area contributed by atoms with Gasteiger partial charge in [0.25, 0.3) is 0 Å². The summed E-state index contributed by atoms with van der Waals surface area (Å²) < 4.78 is 3.14. The molecule has 4 aromatic rings. The molecule has 0 radical (unpaired) electrons. The maximum absolute atomic E-state index is 9.67. The summed E-state index contributed by atoms with van der Waals surface area (Å²) >= 11 is 7.62. The zero-order valence-electron chi connectivity index (χ0n) is 16.0. The van der Waals surface area contributed by atoms with Gasteiger partial charge in [-0.25, -0.2) is 15.0 Å². The van der Waals surface area contributed by atoms with Gasteiger partial charge in [0.15, 0.2) is 5.15 Å². The van der Waals surface area contributed by atoms with Gasteiger partial charge in [0.1, 0.15) is 18.2 Å². The van der Waals surface area contributed by atoms with Crippen molar-refractivity contribution in [2.75, 3.05) is 16.3 Å². The third kappa shape index (κ3) is 4.15. The summed E-state index contributed by atoms with van der Waals surface area (Å²) in [7, 11) is 0. The molecule has 0 saturated heterocycles. The second-order valence-corrected chi connectivity index (χ2v) is 7.41. The van der Waals surface area contributed by atoms with Crippen LogP contribution >= 0.6 is 23.5 Å². The van der Waals surface area contributed by atoms with E-state index in [0.29, 0.717) is 11.0 Å². The summed E-state index contributed by atoms with van der Waals surface area (Å²) in [4.78, 5) is 13.0. The molecule has 0 saturated carbocycles. The smallest absolute Gasteiger partial charge is 0.152 e. The Morgan fingerprint density at radius 3 is 2.63 bits per heavy atom. The van der Waals surface area contributed by atoms with Crippen LogP contribution in [0.5, 0.6) is 0 Å². The van der Waals surface area contributed by atoms with E-state index in [1.54, 1.807) is 6.20 Å². The number of halogens is 1. The van der Waals surface area contributed by atoms with Gasteiger partial charge in [0.05, 0.1) is 17.3 Å². The molecule has 0 aliphatic heterocycles. The van der Waals surface area contributed by atoms with Gasteiger partial charge in [-0.15, -0.1) is 0 Å². The van der Waals surface area contributed by atoms with Crippen molar-refractivity contribution in [1.82, 2.24) is 15.0 Å². The van der Waals surface area contributed by atoms with E-state index < -0.39 is 6.04 Å². The Bertz CT molecular complexity index is 1230. The van der Waals surface area contributed by atoms with Crippen LogP contribution in [-0.2, 0) is 0 Å². The molecule has 0 bridgehead atoms. The van der Waals surface area contributed by atoms with Gasteiger partial charge in [-0.05, 0) is 29.3 Å². The Hall–Kier alpha value is -3.34. The molecule has 1 atom stereocenters. The molecule has 2 aromatic carbocycles. The van der Waals surface area contributed by atoms with E-state index in [4.69, 9.17) is 11.6 Å². The number of hydrogen-bond acceptors (Lipinski definition) is 7. The lowest BCUT2D eigenvalue weighted by Gasteiger charge is -2.14. The molecule has 0 aliphatic carbocycles. The van der Waals surface area contributed by atoms with Gasteiger partial charge in [-0.3, -0.25) is 0 Å². The molecule has 0 aliphatic rings. The first kappa shape index (κ1) is 20.0. The van der Waals surface area contributed by atoms with Gasteiger partial charge in [0, 0.05) is 23.4 Å². The number of benzene rings is 2. The van der Waals surface area contributed by atoms with E-state index in [9.17, 15) is 5.26 Å². The molecule has 1 unspecified atom stereocenters. The molecule has 0 amide bonds. The Kier molecular flexibility index (Phi) is 5.98. The van der Waals surface area contributed by atoms with Gasteiger partial charge in [0.2, 0.25) is 0 Å². The molecule has 8 heteroatoms. The molecule has 2 N–H and O–H groups in total. The minimum Gasteiger partial charge on any atom is -0.350 e. The maximum Gasteiger partial charge on any atom is 0.152 e. The van der Waals surface area contributed by atoms with Crippen LogP contribution < -0.4 is 10.0 Å². The standard InChI is InChI=1S/C22H17ClN6S/c1-30-29-19-10-16(12-25-21(19)23)15-7-8-18-17(9-15)22(27-13-26-18)28-20(11-24)14-5-3-2-4-6-14/h2-10,12-13,20,29H,1H3,(H,26,27,28). The number of nitrogens with zero attached hydrogens (tertiary/aromatic N) is 4. The fourth-order valence-electron chi connectivity index (χ4n) is 3.11. The number of nitriles is 1. The Labute approximate surface area is 183 Å². The van der Waals surface area contributed by atoms with Crippen molar-refractivity contribution in [2.24, 2.45) is 0 Å². The predicted octanol–water partition coefficient (Wildman–Crippen LogP) is 5.71. The van der Waals surface area contributed by atoms with Crippen molar-refractivity contribution in [3.05, 3.63) is 77.8 Å². The maximum atomic E-state index is 9.67. The van der Waals surface area contributed by atoms with Crippen LogP contribution in [-0.4, -0.2) is 21.2 Å². The van der Waals surface area contributed by atoms with E-state index in [1.165, 1.54) is 18.3 Å². The van der Waals surface area contributed by atoms with E-state index in [2.05, 4.69) is 31.1 Å². The summed E-state index contributed by atoms with van der Waals surface area (Å²) in [6.45, 7) is 0. The molecule has 4 rings (SSSR count). The molecule has 0 spiro atoms. The number of fused-ring (bicyclic) bond motifs is 1. The number of pyridine rings is 1. The van der Waals surface area contributed by atoms with Crippen LogP contribution in [0.1, 0.15) is 11.6 Å². The first-order valence-electron chi connectivity index (χ1n) is 9.10. The Morgan fingerprint density at radius 1 is 1.03 bits per heavy atom. The monoisotopic (exact) mass is 432 g/mol. The van der Waals surface area contributed by atoms with E-state index in [0.717, 1.165) is 33.3 Å². The molecule has 6 nitrogen and oxygen atoms in total. The van der Waals surface area contributed by atoms with Gasteiger partial charge >= 0.3 is 0 Å². The van der Waals surface area contributed by atoms with E-state index >= 15 is 0 Å². The largest absolute Gasteiger partial charge is 0.350 e. The molecule has 2 aromatic heterocycles. The highest BCUT2D eigenvalue weighted by atomic mass is 35.5. The van der Waals surface area contributed by atoms with Crippen molar-refractivity contribution in [1.29, 1.82) is 5.26 Å². The minimum atomic E-state index is -0.525. The summed E-state index contributed by atoms with van der Waals surface area (Å²) in [5.41, 5.74) is 4.26. The van der Waals surface area contributed by atoms with Gasteiger partial charge in [-0.2, -0.15) is 5.26 Å². The molecular weight excluding hydrogens is 416 g/mol. The number of hydrogen-bond donors (Lipinski definition) is 2. The zero-order chi connectivity index (χ0) is 20.9. The average molecular weight is 433 g/mol. The number of nitrogens with one attached hydrogen (secondary N) is 2. The van der Waals surface area contributed by atoms with E-state index in [1.807, 2.05) is 60.9 Å². The first-order valence-corrected chi connectivity index (χ1v) is 10.7. The lowest BCUT2D eigenvalue weighted by Crippen LogP contribution is -2.10. The Morgan fingerprint density at radius 2 is 1.87 bits per heavy atom. The fourth-order valence-corrected chi connectivity index (χ4v) is 3.69. The lowest BCUT2D eigenvalue weighted by atomic mass is 10.0. The van der Waals surface area contributed by atoms with Crippen molar-refractivity contribution in [3.8, 4) is 17.2 Å². The average Bonchev–Trinajstić information content (AvgIpc) is 2.79. The second-order valence-electron chi connectivity index (χ2n) is 6.44. The number of anilines is 2. The number of rotatable bonds is 6. The normalized spacial score (nSPS) is 11.6. The minimum absolute atomic E-state index is 0.416. The van der Waals surface area contributed by atoms with E-state index in [-0.39, 0.29) is 0 Å². The molecule has 0 fully saturated rings. The third-order valence-electron chi connectivity index (χ3n) is 4.56. The van der Waals surface area contributed by atoms with Crippen LogP contribution in [0.25, 0.3) is 22.0 Å². The highest BCUT2D eigenvalue weighted by Gasteiger charge is 2.14. The van der Waals surface area contributed by atoms with Crippen LogP contribution in [0, 0.1) is 11.3 Å². The lowest BCUT2D eigenvalue weighted by molar-refractivity contribution is 0.981. The SMILES string of the molecule is CSNc1cc(-c2ccc3ncnc(NC(C#N)c4ccccc4)c3c2)cnc1Cl. The first-order chi connectivity index (χ1) is 14.7. The third-order valence-corrected chi connectivity index (χ3v) is 5.29. The highest BCUT2D eigenvalue weighted by molar-refractivity contribution is 7.99. The summed E-state index contributed by atoms with van der Waals surface area (Å²) in [5.74, 6) is 0.599. The van der Waals surface area contributed by atoms with Gasteiger partial charge < -0.3 is 10.0 Å². The van der Waals surface area contributed by atoms with Crippen molar-refractivity contribution in [3.63, 3.8) is 0 Å². The molecule has 2 heterocycles. The topological polar surface area (TPSA) is 86.5 Å². The van der Waals surface area contributed by atoms with Crippen LogP contribution in [0.2, 0.25) is 5.15 Å². The molecular formula is C22H17ClN6S. The fraction of sp³-hybridized carbons (Fsp3) is 0.0909. The second kappa shape index (κ2) is 8.99. The number of aromatic nitrogens is 3. The zero-order valence-corrected chi connectivity index (χ0v) is 17.6. The van der Waals surface area contributed by atoms with Crippen molar-refractivity contribution in [2.45, 2.75) is 6.04 Å². The summed E-state index contributed by atoms with van der Waals surface area (Å²) in [5, 5.41) is 14.1. The summed E-state index contributed by atoms with van der Waals surface area (Å²) in [6.07, 6.45) is 5.15. The van der Waals surface area contributed by atoms with Gasteiger partial charge in [-0.1, -0.05) is 59.9 Å². The highest BCUT2D eigenvalue weighted by Crippen LogP contribution is 2.31. The predicted molar refractivity (Wildman–Crippen MR) is 123 cm³/mol. The molecule has 30 heavy (non-hydrogen) atoms. The van der Waals surface area contributed by atoms with Crippen LogP contribution in [0.4, 0.5) is 11.5 Å². The van der Waals surface area contributed by atoms with Crippen molar-refractivity contribution < 1.29 is 0 Å². The van der Waals surface area contributed by atoms with Crippen LogP contribution in [0.3, 0.4) is 0 Å². The molecule has 148 valence electrons. The summed E-state index contributed by atoms with van der Waals surface area (Å²) in [6, 6.07) is 19.2. The van der Waals surface area contributed by atoms with Crippen molar-refractivity contribution >= 4 is 46.0 Å². The Balaban J connectivity index is 1.74.